The topological polar surface area (TPSA) is 112 Å². The van der Waals surface area contributed by atoms with Gasteiger partial charge >= 0.3 is 0 Å². The zero-order valence-electron chi connectivity index (χ0n) is 13.5. The van der Waals surface area contributed by atoms with Crippen LogP contribution in [0.4, 0.5) is 11.5 Å². The average Bonchev–Trinajstić information content (AvgIpc) is 3.24. The molecule has 1 aliphatic carbocycles. The first-order chi connectivity index (χ1) is 12.2. The highest BCUT2D eigenvalue weighted by molar-refractivity contribution is 5.73. The third-order valence-electron chi connectivity index (χ3n) is 4.07. The summed E-state index contributed by atoms with van der Waals surface area (Å²) < 4.78 is 1.49. The molecule has 1 aliphatic rings. The molecule has 0 unspecified atom stereocenters. The Balaban J connectivity index is 1.68. The van der Waals surface area contributed by atoms with E-state index >= 15 is 0 Å². The first-order valence-corrected chi connectivity index (χ1v) is 8.07. The molecular weight excluding hydrogens is 318 g/mol. The largest absolute Gasteiger partial charge is 0.368 e. The van der Waals surface area contributed by atoms with Gasteiger partial charge in [0.25, 0.3) is 0 Å². The number of carbonyl (C=O) groups excluding carboxylic acids is 1. The van der Waals surface area contributed by atoms with Crippen molar-refractivity contribution in [3.05, 3.63) is 48.2 Å². The monoisotopic (exact) mass is 335 g/mol. The Labute approximate surface area is 144 Å². The van der Waals surface area contributed by atoms with E-state index in [1.54, 1.807) is 24.8 Å². The fraction of sp³-hybridized carbons (Fsp3) is 0.235. The number of nitrogens with zero attached hydrogens (tertiary/aromatic N) is 5. The Morgan fingerprint density at radius 2 is 2.20 bits per heavy atom. The van der Waals surface area contributed by atoms with Gasteiger partial charge in [0.2, 0.25) is 5.91 Å². The van der Waals surface area contributed by atoms with Gasteiger partial charge in [-0.25, -0.2) is 9.97 Å². The van der Waals surface area contributed by atoms with Crippen molar-refractivity contribution in [2.45, 2.75) is 25.8 Å². The maximum absolute atomic E-state index is 11.0. The molecule has 4 rings (SSSR count). The molecule has 3 aromatic heterocycles. The molecule has 0 aliphatic heterocycles. The number of amides is 1. The fourth-order valence-corrected chi connectivity index (χ4v) is 2.97. The Kier molecular flexibility index (Phi) is 3.85. The van der Waals surface area contributed by atoms with Crippen molar-refractivity contribution in [1.82, 2.24) is 24.7 Å². The van der Waals surface area contributed by atoms with Crippen LogP contribution >= 0.6 is 0 Å². The summed E-state index contributed by atoms with van der Waals surface area (Å²) in [5.41, 5.74) is 9.04. The third kappa shape index (κ3) is 3.18. The molecule has 0 saturated heterocycles. The van der Waals surface area contributed by atoms with E-state index in [9.17, 15) is 4.79 Å². The normalized spacial score (nSPS) is 12.8. The smallest absolute Gasteiger partial charge is 0.239 e. The lowest BCUT2D eigenvalue weighted by molar-refractivity contribution is -0.118. The van der Waals surface area contributed by atoms with E-state index in [0.717, 1.165) is 47.6 Å². The molecule has 3 aromatic rings. The quantitative estimate of drug-likeness (QED) is 0.730. The Morgan fingerprint density at radius 3 is 3.00 bits per heavy atom. The van der Waals surface area contributed by atoms with E-state index in [0.29, 0.717) is 5.82 Å². The highest BCUT2D eigenvalue weighted by atomic mass is 16.1. The third-order valence-corrected chi connectivity index (χ3v) is 4.07. The molecule has 8 heteroatoms. The molecule has 3 N–H and O–H groups in total. The fourth-order valence-electron chi connectivity index (χ4n) is 2.97. The Morgan fingerprint density at radius 1 is 1.28 bits per heavy atom. The molecule has 8 nitrogen and oxygen atoms in total. The molecule has 0 saturated carbocycles. The predicted octanol–water partition coefficient (Wildman–Crippen LogP) is 1.45. The van der Waals surface area contributed by atoms with Crippen molar-refractivity contribution < 1.29 is 4.79 Å². The van der Waals surface area contributed by atoms with Gasteiger partial charge in [0.1, 0.15) is 12.4 Å². The average molecular weight is 335 g/mol. The molecule has 1 amide bonds. The molecular formula is C17H17N7O. The highest BCUT2D eigenvalue weighted by Gasteiger charge is 2.20. The summed E-state index contributed by atoms with van der Waals surface area (Å²) in [5, 5.41) is 7.43. The SMILES string of the molecule is NC(=O)Cn1cc(Nc2nc(-c3cccnc3)nc3c2CCC3)cn1. The van der Waals surface area contributed by atoms with Crippen LogP contribution in [0.25, 0.3) is 11.4 Å². The maximum Gasteiger partial charge on any atom is 0.239 e. The number of anilines is 2. The molecule has 0 bridgehead atoms. The summed E-state index contributed by atoms with van der Waals surface area (Å²) in [6.45, 7) is 0.0461. The summed E-state index contributed by atoms with van der Waals surface area (Å²) in [4.78, 5) is 24.5. The van der Waals surface area contributed by atoms with Crippen molar-refractivity contribution in [1.29, 1.82) is 0 Å². The van der Waals surface area contributed by atoms with Gasteiger partial charge in [0.05, 0.1) is 11.9 Å². The van der Waals surface area contributed by atoms with Gasteiger partial charge < -0.3 is 11.1 Å². The minimum absolute atomic E-state index is 0.0461. The number of nitrogens with two attached hydrogens (primary N) is 1. The number of pyridine rings is 1. The zero-order chi connectivity index (χ0) is 17.2. The van der Waals surface area contributed by atoms with Crippen LogP contribution in [0.3, 0.4) is 0 Å². The Bertz CT molecular complexity index is 920. The van der Waals surface area contributed by atoms with Crippen LogP contribution in [0, 0.1) is 0 Å². The lowest BCUT2D eigenvalue weighted by Gasteiger charge is -2.11. The molecule has 0 fully saturated rings. The molecule has 0 spiro atoms. The van der Waals surface area contributed by atoms with Gasteiger partial charge in [-0.15, -0.1) is 0 Å². The van der Waals surface area contributed by atoms with E-state index in [-0.39, 0.29) is 6.54 Å². The van der Waals surface area contributed by atoms with Crippen LogP contribution in [0.2, 0.25) is 0 Å². The summed E-state index contributed by atoms with van der Waals surface area (Å²) in [6, 6.07) is 3.81. The number of hydrogen-bond donors (Lipinski definition) is 2. The number of rotatable bonds is 5. The van der Waals surface area contributed by atoms with E-state index < -0.39 is 5.91 Å². The molecule has 0 aromatic carbocycles. The number of fused-ring (bicyclic) bond motifs is 1. The van der Waals surface area contributed by atoms with E-state index in [1.165, 1.54) is 4.68 Å². The molecule has 3 heterocycles. The number of nitrogens with one attached hydrogen (secondary N) is 1. The van der Waals surface area contributed by atoms with Gasteiger partial charge in [0.15, 0.2) is 5.82 Å². The minimum atomic E-state index is -0.434. The van der Waals surface area contributed by atoms with Crippen LogP contribution in [0.1, 0.15) is 17.7 Å². The second-order valence-electron chi connectivity index (χ2n) is 5.93. The van der Waals surface area contributed by atoms with Crippen molar-refractivity contribution in [2.75, 3.05) is 5.32 Å². The Hall–Kier alpha value is -3.29. The van der Waals surface area contributed by atoms with Crippen molar-refractivity contribution in [2.24, 2.45) is 5.73 Å². The van der Waals surface area contributed by atoms with Gasteiger partial charge in [-0.05, 0) is 31.4 Å². The number of hydrogen-bond acceptors (Lipinski definition) is 6. The first-order valence-electron chi connectivity index (χ1n) is 8.07. The lowest BCUT2D eigenvalue weighted by atomic mass is 10.2. The van der Waals surface area contributed by atoms with Gasteiger partial charge in [0, 0.05) is 35.4 Å². The zero-order valence-corrected chi connectivity index (χ0v) is 13.5. The van der Waals surface area contributed by atoms with Crippen LogP contribution in [-0.2, 0) is 24.2 Å². The van der Waals surface area contributed by atoms with E-state index in [1.807, 2.05) is 12.1 Å². The second-order valence-corrected chi connectivity index (χ2v) is 5.93. The number of aryl methyl sites for hydroxylation is 1. The van der Waals surface area contributed by atoms with E-state index in [4.69, 9.17) is 10.7 Å². The van der Waals surface area contributed by atoms with Crippen molar-refractivity contribution >= 4 is 17.4 Å². The summed E-state index contributed by atoms with van der Waals surface area (Å²) in [7, 11) is 0. The lowest BCUT2D eigenvalue weighted by Crippen LogP contribution is -2.18. The van der Waals surface area contributed by atoms with Crippen molar-refractivity contribution in [3.63, 3.8) is 0 Å². The first kappa shape index (κ1) is 15.3. The van der Waals surface area contributed by atoms with Crippen molar-refractivity contribution in [3.8, 4) is 11.4 Å². The molecule has 25 heavy (non-hydrogen) atoms. The van der Waals surface area contributed by atoms with Crippen LogP contribution in [-0.4, -0.2) is 30.6 Å². The number of primary amides is 1. The molecule has 126 valence electrons. The van der Waals surface area contributed by atoms with Crippen LogP contribution in [0.15, 0.2) is 36.9 Å². The molecule has 0 atom stereocenters. The van der Waals surface area contributed by atoms with Gasteiger partial charge in [-0.2, -0.15) is 5.10 Å². The van der Waals surface area contributed by atoms with Crippen LogP contribution < -0.4 is 11.1 Å². The maximum atomic E-state index is 11.0. The van der Waals surface area contributed by atoms with Gasteiger partial charge in [-0.3, -0.25) is 14.5 Å². The molecule has 0 radical (unpaired) electrons. The standard InChI is InChI=1S/C17H17N7O/c18-15(25)10-24-9-12(8-20-24)21-17-13-4-1-5-14(13)22-16(23-17)11-3-2-6-19-7-11/h2-3,6-9H,1,4-5,10H2,(H2,18,25)(H,21,22,23). The predicted molar refractivity (Wildman–Crippen MR) is 92.0 cm³/mol. The second kappa shape index (κ2) is 6.31. The summed E-state index contributed by atoms with van der Waals surface area (Å²) in [6.07, 6.45) is 9.82. The summed E-state index contributed by atoms with van der Waals surface area (Å²) >= 11 is 0. The van der Waals surface area contributed by atoms with Crippen LogP contribution in [0.5, 0.6) is 0 Å². The van der Waals surface area contributed by atoms with E-state index in [2.05, 4.69) is 20.4 Å². The summed E-state index contributed by atoms with van der Waals surface area (Å²) in [5.74, 6) is 0.997. The minimum Gasteiger partial charge on any atom is -0.368 e. The van der Waals surface area contributed by atoms with Gasteiger partial charge in [-0.1, -0.05) is 0 Å². The number of carbonyl (C=O) groups is 1. The highest BCUT2D eigenvalue weighted by Crippen LogP contribution is 2.30. The number of aromatic nitrogens is 5.